The fourth-order valence-corrected chi connectivity index (χ4v) is 2.73. The van der Waals surface area contributed by atoms with Gasteiger partial charge >= 0.3 is 0 Å². The van der Waals surface area contributed by atoms with Crippen molar-refractivity contribution in [3.63, 3.8) is 0 Å². The van der Waals surface area contributed by atoms with Crippen LogP contribution in [-0.4, -0.2) is 32.2 Å². The van der Waals surface area contributed by atoms with Gasteiger partial charge in [0.2, 0.25) is 5.91 Å². The fourth-order valence-electron chi connectivity index (χ4n) is 2.73. The molecule has 1 amide bonds. The molecule has 5 nitrogen and oxygen atoms in total. The molecule has 0 aliphatic carbocycles. The van der Waals surface area contributed by atoms with Crippen LogP contribution in [0.25, 0.3) is 0 Å². The van der Waals surface area contributed by atoms with Gasteiger partial charge in [-0.3, -0.25) is 9.48 Å². The van der Waals surface area contributed by atoms with Gasteiger partial charge in [-0.25, -0.2) is 0 Å². The summed E-state index contributed by atoms with van der Waals surface area (Å²) in [5.41, 5.74) is 7.03. The Kier molecular flexibility index (Phi) is 3.19. The lowest BCUT2D eigenvalue weighted by molar-refractivity contribution is -0.144. The van der Waals surface area contributed by atoms with Gasteiger partial charge in [0.25, 0.3) is 0 Å². The van der Waals surface area contributed by atoms with E-state index < -0.39 is 0 Å². The van der Waals surface area contributed by atoms with Crippen molar-refractivity contribution < 1.29 is 4.79 Å². The van der Waals surface area contributed by atoms with Crippen LogP contribution in [0, 0.1) is 0 Å². The third-order valence-electron chi connectivity index (χ3n) is 3.53. The Hall–Kier alpha value is -1.36. The van der Waals surface area contributed by atoms with Crippen LogP contribution in [0.4, 0.5) is 0 Å². The van der Waals surface area contributed by atoms with Crippen molar-refractivity contribution >= 4 is 5.91 Å². The molecule has 2 rings (SSSR count). The maximum atomic E-state index is 12.2. The van der Waals surface area contributed by atoms with E-state index in [1.165, 1.54) is 0 Å². The zero-order valence-electron chi connectivity index (χ0n) is 11.6. The molecule has 0 spiro atoms. The highest BCUT2D eigenvalue weighted by atomic mass is 16.2. The van der Waals surface area contributed by atoms with Crippen molar-refractivity contribution in [3.8, 4) is 0 Å². The molecular formula is C13H22N4O. The molecule has 0 radical (unpaired) electrons. The highest BCUT2D eigenvalue weighted by molar-refractivity contribution is 5.78. The van der Waals surface area contributed by atoms with Crippen LogP contribution in [-0.2, 0) is 11.8 Å². The number of hydrogen-bond donors (Lipinski definition) is 1. The van der Waals surface area contributed by atoms with Crippen LogP contribution in [0.3, 0.4) is 0 Å². The number of likely N-dealkylation sites (tertiary alicyclic amines) is 1. The number of piperidine rings is 1. The Morgan fingerprint density at radius 2 is 2.11 bits per heavy atom. The first-order chi connectivity index (χ1) is 8.32. The molecule has 2 N–H and O–H groups in total. The SMILES string of the molecule is Cn1nccc1C1C(N)CCC(=O)N1C(C)(C)C. The summed E-state index contributed by atoms with van der Waals surface area (Å²) in [6, 6.07) is 1.83. The maximum Gasteiger partial charge on any atom is 0.223 e. The van der Waals surface area contributed by atoms with E-state index >= 15 is 0 Å². The number of rotatable bonds is 1. The summed E-state index contributed by atoms with van der Waals surface area (Å²) in [6.45, 7) is 6.14. The van der Waals surface area contributed by atoms with Crippen LogP contribution in [0.15, 0.2) is 12.3 Å². The summed E-state index contributed by atoms with van der Waals surface area (Å²) < 4.78 is 1.81. The molecule has 1 saturated heterocycles. The number of nitrogens with zero attached hydrogens (tertiary/aromatic N) is 3. The molecule has 1 aromatic rings. The summed E-state index contributed by atoms with van der Waals surface area (Å²) in [7, 11) is 1.89. The Balaban J connectivity index is 2.45. The minimum absolute atomic E-state index is 0.0303. The zero-order chi connectivity index (χ0) is 13.5. The van der Waals surface area contributed by atoms with Gasteiger partial charge < -0.3 is 10.6 Å². The summed E-state index contributed by atoms with van der Waals surface area (Å²) in [5, 5.41) is 4.19. The number of aromatic nitrogens is 2. The van der Waals surface area contributed by atoms with Crippen molar-refractivity contribution in [1.29, 1.82) is 0 Å². The van der Waals surface area contributed by atoms with Crippen LogP contribution >= 0.6 is 0 Å². The average molecular weight is 250 g/mol. The molecule has 100 valence electrons. The highest BCUT2D eigenvalue weighted by Crippen LogP contribution is 2.35. The molecule has 1 fully saturated rings. The molecule has 0 saturated carbocycles. The average Bonchev–Trinajstić information content (AvgIpc) is 2.65. The lowest BCUT2D eigenvalue weighted by atomic mass is 9.89. The predicted molar refractivity (Wildman–Crippen MR) is 69.8 cm³/mol. The van der Waals surface area contributed by atoms with Crippen molar-refractivity contribution in [3.05, 3.63) is 18.0 Å². The predicted octanol–water partition coefficient (Wildman–Crippen LogP) is 1.21. The number of carbonyl (C=O) groups is 1. The summed E-state index contributed by atoms with van der Waals surface area (Å²) in [4.78, 5) is 14.2. The van der Waals surface area contributed by atoms with Gasteiger partial charge in [0, 0.05) is 31.2 Å². The van der Waals surface area contributed by atoms with Crippen molar-refractivity contribution in [2.45, 2.75) is 51.2 Å². The largest absolute Gasteiger partial charge is 0.328 e. The molecule has 18 heavy (non-hydrogen) atoms. The van der Waals surface area contributed by atoms with Crippen molar-refractivity contribution in [2.24, 2.45) is 12.8 Å². The second kappa shape index (κ2) is 4.39. The van der Waals surface area contributed by atoms with Crippen LogP contribution < -0.4 is 5.73 Å². The molecule has 0 bridgehead atoms. The van der Waals surface area contributed by atoms with E-state index in [9.17, 15) is 4.79 Å². The molecule has 0 aromatic carbocycles. The van der Waals surface area contributed by atoms with Gasteiger partial charge in [0.1, 0.15) is 0 Å². The fraction of sp³-hybridized carbons (Fsp3) is 0.692. The first-order valence-electron chi connectivity index (χ1n) is 6.38. The smallest absolute Gasteiger partial charge is 0.223 e. The first kappa shape index (κ1) is 13.1. The Morgan fingerprint density at radius 1 is 1.44 bits per heavy atom. The maximum absolute atomic E-state index is 12.2. The summed E-state index contributed by atoms with van der Waals surface area (Å²) >= 11 is 0. The molecule has 1 aliphatic heterocycles. The summed E-state index contributed by atoms with van der Waals surface area (Å²) in [5.74, 6) is 0.176. The standard InChI is InChI=1S/C13H22N4O/c1-13(2,3)17-11(18)6-5-9(14)12(17)10-7-8-15-16(10)4/h7-9,12H,5-6,14H2,1-4H3. The lowest BCUT2D eigenvalue weighted by Gasteiger charge is -2.47. The zero-order valence-corrected chi connectivity index (χ0v) is 11.6. The van der Waals surface area contributed by atoms with E-state index in [1.807, 2.05) is 43.5 Å². The van der Waals surface area contributed by atoms with Crippen molar-refractivity contribution in [1.82, 2.24) is 14.7 Å². The third-order valence-corrected chi connectivity index (χ3v) is 3.53. The first-order valence-corrected chi connectivity index (χ1v) is 6.38. The van der Waals surface area contributed by atoms with Gasteiger partial charge in [0.05, 0.1) is 11.7 Å². The number of nitrogens with two attached hydrogens (primary N) is 1. The van der Waals surface area contributed by atoms with Crippen LogP contribution in [0.2, 0.25) is 0 Å². The number of hydrogen-bond acceptors (Lipinski definition) is 3. The normalized spacial score (nSPS) is 25.6. The molecular weight excluding hydrogens is 228 g/mol. The number of carbonyl (C=O) groups excluding carboxylic acids is 1. The van der Waals surface area contributed by atoms with Gasteiger partial charge in [0.15, 0.2) is 0 Å². The molecule has 2 heterocycles. The number of aryl methyl sites for hydroxylation is 1. The van der Waals surface area contributed by atoms with Gasteiger partial charge in [-0.2, -0.15) is 5.10 Å². The molecule has 1 aromatic heterocycles. The monoisotopic (exact) mass is 250 g/mol. The summed E-state index contributed by atoms with van der Waals surface area (Å²) in [6.07, 6.45) is 3.02. The Morgan fingerprint density at radius 3 is 2.61 bits per heavy atom. The molecule has 1 aliphatic rings. The van der Waals surface area contributed by atoms with Gasteiger partial charge in [-0.1, -0.05) is 0 Å². The minimum atomic E-state index is -0.232. The van der Waals surface area contributed by atoms with Crippen molar-refractivity contribution in [2.75, 3.05) is 0 Å². The number of amides is 1. The van der Waals surface area contributed by atoms with E-state index in [4.69, 9.17) is 5.73 Å². The van der Waals surface area contributed by atoms with Gasteiger partial charge in [-0.15, -0.1) is 0 Å². The molecule has 2 unspecified atom stereocenters. The van der Waals surface area contributed by atoms with Crippen LogP contribution in [0.5, 0.6) is 0 Å². The van der Waals surface area contributed by atoms with E-state index in [0.717, 1.165) is 12.1 Å². The molecule has 5 heteroatoms. The second-order valence-electron chi connectivity index (χ2n) is 5.96. The Labute approximate surface area is 108 Å². The minimum Gasteiger partial charge on any atom is -0.328 e. The highest BCUT2D eigenvalue weighted by Gasteiger charge is 2.41. The topological polar surface area (TPSA) is 64.2 Å². The lowest BCUT2D eigenvalue weighted by Crippen LogP contribution is -2.56. The third kappa shape index (κ3) is 2.14. The second-order valence-corrected chi connectivity index (χ2v) is 5.96. The van der Waals surface area contributed by atoms with E-state index in [-0.39, 0.29) is 23.5 Å². The Bertz CT molecular complexity index is 446. The van der Waals surface area contributed by atoms with E-state index in [1.54, 1.807) is 6.20 Å². The van der Waals surface area contributed by atoms with Crippen LogP contribution in [0.1, 0.15) is 45.3 Å². The quantitative estimate of drug-likeness (QED) is 0.814. The van der Waals surface area contributed by atoms with Gasteiger partial charge in [-0.05, 0) is 33.3 Å². The van der Waals surface area contributed by atoms with E-state index in [2.05, 4.69) is 5.10 Å². The molecule has 2 atom stereocenters. The van der Waals surface area contributed by atoms with E-state index in [0.29, 0.717) is 6.42 Å².